The van der Waals surface area contributed by atoms with Crippen molar-refractivity contribution < 1.29 is 28.8 Å². The monoisotopic (exact) mass is 406 g/mol. The van der Waals surface area contributed by atoms with Gasteiger partial charge in [-0.25, -0.2) is 9.36 Å². The number of hydrogen-bond acceptors (Lipinski definition) is 3. The van der Waals surface area contributed by atoms with Gasteiger partial charge in [-0.2, -0.15) is 0 Å². The van der Waals surface area contributed by atoms with Crippen LogP contribution < -0.4 is 0 Å². The summed E-state index contributed by atoms with van der Waals surface area (Å²) in [5, 5.41) is 0. The molecule has 0 radical (unpaired) electrons. The largest absolute Gasteiger partial charge is 0.490 e. The Kier molecular flexibility index (Phi) is 24.3. The quantitative estimate of drug-likeness (QED) is 0.0974. The molecule has 0 aromatic carbocycles. The maximum Gasteiger partial charge on any atom is 0.466 e. The Morgan fingerprint density at radius 3 is 1.63 bits per heavy atom. The van der Waals surface area contributed by atoms with Gasteiger partial charge in [0.05, 0.1) is 6.61 Å². The molecule has 0 saturated carbocycles. The first-order valence-electron chi connectivity index (χ1n) is 10.2. The number of rotatable bonds is 17. The molecular formula is C20H39O6P. The summed E-state index contributed by atoms with van der Waals surface area (Å²) in [6, 6.07) is 0. The van der Waals surface area contributed by atoms with Gasteiger partial charge < -0.3 is 19.4 Å². The molecule has 0 heterocycles. The van der Waals surface area contributed by atoms with Crippen molar-refractivity contribution in [3.8, 4) is 0 Å². The zero-order chi connectivity index (χ0) is 20.6. The average molecular weight is 406 g/mol. The summed E-state index contributed by atoms with van der Waals surface area (Å²) in [6.07, 6.45) is 24.2. The Hall–Kier alpha value is -0.900. The fourth-order valence-corrected chi connectivity index (χ4v) is 2.53. The molecule has 27 heavy (non-hydrogen) atoms. The summed E-state index contributed by atoms with van der Waals surface area (Å²) in [5.74, 6) is 1.62. The molecule has 7 heteroatoms. The Balaban J connectivity index is 0. The van der Waals surface area contributed by atoms with Gasteiger partial charge in [0.25, 0.3) is 0 Å². The molecule has 3 N–H and O–H groups in total. The van der Waals surface area contributed by atoms with E-state index in [1.807, 2.05) is 0 Å². The van der Waals surface area contributed by atoms with Gasteiger partial charge in [-0.1, -0.05) is 76.9 Å². The molecule has 6 nitrogen and oxygen atoms in total. The first-order valence-corrected chi connectivity index (χ1v) is 11.7. The van der Waals surface area contributed by atoms with E-state index >= 15 is 0 Å². The third kappa shape index (κ3) is 40.9. The second kappa shape index (κ2) is 23.1. The Bertz CT molecular complexity index is 404. The van der Waals surface area contributed by atoms with Gasteiger partial charge >= 0.3 is 7.82 Å². The normalized spacial score (nSPS) is 11.0. The van der Waals surface area contributed by atoms with Crippen molar-refractivity contribution in [1.29, 1.82) is 0 Å². The predicted octanol–water partition coefficient (Wildman–Crippen LogP) is 5.46. The highest BCUT2D eigenvalue weighted by Crippen LogP contribution is 2.25. The SMILES string of the molecule is CCCCCCCC/C=C\CCCCCCCCOC=C=O.O=P(O)(O)O. The van der Waals surface area contributed by atoms with Gasteiger partial charge in [0.2, 0.25) is 0 Å². The van der Waals surface area contributed by atoms with E-state index in [2.05, 4.69) is 19.1 Å². The van der Waals surface area contributed by atoms with E-state index in [9.17, 15) is 4.79 Å². The smallest absolute Gasteiger partial charge is 0.466 e. The number of unbranched alkanes of at least 4 members (excludes halogenated alkanes) is 12. The van der Waals surface area contributed by atoms with Crippen LogP contribution in [-0.2, 0) is 14.1 Å². The van der Waals surface area contributed by atoms with Crippen LogP contribution in [0, 0.1) is 0 Å². The van der Waals surface area contributed by atoms with Crippen molar-refractivity contribution in [3.63, 3.8) is 0 Å². The van der Waals surface area contributed by atoms with Crippen molar-refractivity contribution in [2.75, 3.05) is 6.61 Å². The molecule has 0 saturated heterocycles. The minimum atomic E-state index is -4.64. The lowest BCUT2D eigenvalue weighted by Gasteiger charge is -2.01. The van der Waals surface area contributed by atoms with Crippen LogP contribution in [0.5, 0.6) is 0 Å². The molecular weight excluding hydrogens is 367 g/mol. The fraction of sp³-hybridized carbons (Fsp3) is 0.800. The zero-order valence-electron chi connectivity index (χ0n) is 16.9. The van der Waals surface area contributed by atoms with Gasteiger partial charge in [0.1, 0.15) is 0 Å². The summed E-state index contributed by atoms with van der Waals surface area (Å²) < 4.78 is 13.8. The molecule has 0 atom stereocenters. The third-order valence-electron chi connectivity index (χ3n) is 3.91. The Labute approximate surface area is 165 Å². The standard InChI is InChI=1S/C20H36O2.H3O4P/c1-2-3-4-5-6-7-8-9-10-11-12-13-14-15-16-17-19-22-20-18-21;1-5(2,3)4/h9-10,20H,2-8,11-17,19H2,1H3;(H3,1,2,3,4)/b10-9-;. The minimum absolute atomic E-state index is 0.649. The molecule has 0 aliphatic rings. The molecule has 0 aromatic heterocycles. The minimum Gasteiger partial charge on any atom is -0.490 e. The number of carbonyl (C=O) groups excluding carboxylic acids is 1. The highest BCUT2D eigenvalue weighted by Gasteiger charge is 2.00. The van der Waals surface area contributed by atoms with Gasteiger partial charge in [-0.3, -0.25) is 0 Å². The van der Waals surface area contributed by atoms with E-state index < -0.39 is 7.82 Å². The van der Waals surface area contributed by atoms with Crippen molar-refractivity contribution >= 4 is 13.8 Å². The van der Waals surface area contributed by atoms with Crippen LogP contribution in [-0.4, -0.2) is 27.2 Å². The number of phosphoric acid groups is 1. The van der Waals surface area contributed by atoms with Crippen LogP contribution in [0.4, 0.5) is 0 Å². The van der Waals surface area contributed by atoms with Gasteiger partial charge in [-0.15, -0.1) is 0 Å². The van der Waals surface area contributed by atoms with E-state index in [-0.39, 0.29) is 0 Å². The molecule has 0 amide bonds. The number of hydrogen-bond donors (Lipinski definition) is 3. The van der Waals surface area contributed by atoms with Gasteiger partial charge in [0.15, 0.2) is 12.2 Å². The van der Waals surface area contributed by atoms with Crippen LogP contribution in [0.3, 0.4) is 0 Å². The van der Waals surface area contributed by atoms with Crippen molar-refractivity contribution in [3.05, 3.63) is 18.4 Å². The van der Waals surface area contributed by atoms with Crippen LogP contribution in [0.2, 0.25) is 0 Å². The van der Waals surface area contributed by atoms with E-state index in [1.165, 1.54) is 83.5 Å². The Morgan fingerprint density at radius 2 is 1.19 bits per heavy atom. The van der Waals surface area contributed by atoms with Gasteiger partial charge in [-0.05, 0) is 32.1 Å². The molecule has 160 valence electrons. The lowest BCUT2D eigenvalue weighted by atomic mass is 10.1. The van der Waals surface area contributed by atoms with Crippen LogP contribution in [0.1, 0.15) is 96.8 Å². The van der Waals surface area contributed by atoms with Crippen LogP contribution in [0.25, 0.3) is 0 Å². The fourth-order valence-electron chi connectivity index (χ4n) is 2.53. The molecule has 0 spiro atoms. The van der Waals surface area contributed by atoms with E-state index in [1.54, 1.807) is 5.94 Å². The number of allylic oxidation sites excluding steroid dienone is 2. The molecule has 0 aliphatic heterocycles. The summed E-state index contributed by atoms with van der Waals surface area (Å²) in [4.78, 5) is 31.4. The molecule has 0 fully saturated rings. The van der Waals surface area contributed by atoms with Crippen LogP contribution >= 0.6 is 7.82 Å². The Morgan fingerprint density at radius 1 is 0.778 bits per heavy atom. The lowest BCUT2D eigenvalue weighted by molar-refractivity contribution is 0.242. The van der Waals surface area contributed by atoms with Gasteiger partial charge in [0, 0.05) is 0 Å². The molecule has 0 aliphatic carbocycles. The molecule has 0 unspecified atom stereocenters. The predicted molar refractivity (Wildman–Crippen MR) is 110 cm³/mol. The van der Waals surface area contributed by atoms with Crippen molar-refractivity contribution in [1.82, 2.24) is 0 Å². The summed E-state index contributed by atoms with van der Waals surface area (Å²) >= 11 is 0. The molecule has 0 aromatic rings. The second-order valence-electron chi connectivity index (χ2n) is 6.56. The average Bonchev–Trinajstić information content (AvgIpc) is 2.59. The summed E-state index contributed by atoms with van der Waals surface area (Å²) in [7, 11) is -4.64. The highest BCUT2D eigenvalue weighted by molar-refractivity contribution is 7.45. The van der Waals surface area contributed by atoms with E-state index in [0.29, 0.717) is 6.61 Å². The summed E-state index contributed by atoms with van der Waals surface area (Å²) in [6.45, 7) is 2.92. The maximum absolute atomic E-state index is 9.87. The lowest BCUT2D eigenvalue weighted by Crippen LogP contribution is -1.88. The first kappa shape index (κ1) is 28.3. The highest BCUT2D eigenvalue weighted by atomic mass is 31.2. The molecule has 0 bridgehead atoms. The second-order valence-corrected chi connectivity index (χ2v) is 7.58. The summed E-state index contributed by atoms with van der Waals surface area (Å²) in [5.41, 5.74) is 0. The maximum atomic E-state index is 9.87. The van der Waals surface area contributed by atoms with Crippen molar-refractivity contribution in [2.45, 2.75) is 96.8 Å². The molecule has 0 rings (SSSR count). The zero-order valence-corrected chi connectivity index (χ0v) is 17.7. The third-order valence-corrected chi connectivity index (χ3v) is 3.91. The van der Waals surface area contributed by atoms with Crippen LogP contribution in [0.15, 0.2) is 18.4 Å². The van der Waals surface area contributed by atoms with E-state index in [4.69, 9.17) is 24.0 Å². The van der Waals surface area contributed by atoms with E-state index in [0.717, 1.165) is 12.7 Å². The van der Waals surface area contributed by atoms with Crippen molar-refractivity contribution in [2.24, 2.45) is 0 Å². The first-order chi connectivity index (χ1) is 12.9. The number of ether oxygens (including phenoxy) is 1. The topological polar surface area (TPSA) is 104 Å².